The van der Waals surface area contributed by atoms with Gasteiger partial charge >= 0.3 is 5.97 Å². The minimum Gasteiger partial charge on any atom is -0.481 e. The second-order valence-electron chi connectivity index (χ2n) is 5.34. The van der Waals surface area contributed by atoms with Crippen molar-refractivity contribution in [2.75, 3.05) is 12.8 Å². The van der Waals surface area contributed by atoms with Gasteiger partial charge in [-0.3, -0.25) is 19.7 Å². The zero-order chi connectivity index (χ0) is 16.9. The van der Waals surface area contributed by atoms with Crippen LogP contribution in [-0.2, 0) is 4.79 Å². The normalized spacial score (nSPS) is 11.0. The smallest absolute Gasteiger partial charge is 0.309 e. The monoisotopic (exact) mass is 326 g/mol. The summed E-state index contributed by atoms with van der Waals surface area (Å²) in [5, 5.41) is 22.5. The molecule has 120 valence electrons. The van der Waals surface area contributed by atoms with Gasteiger partial charge in [-0.2, -0.15) is 0 Å². The lowest BCUT2D eigenvalue weighted by molar-refractivity contribution is -0.387. The Balaban J connectivity index is 2.76. The number of carboxylic acid groups (broad SMARTS) is 1. The van der Waals surface area contributed by atoms with Crippen molar-refractivity contribution in [3.05, 3.63) is 33.9 Å². The van der Waals surface area contributed by atoms with Crippen LogP contribution in [0, 0.1) is 15.5 Å². The lowest BCUT2D eigenvalue weighted by Gasteiger charge is -2.18. The predicted molar refractivity (Wildman–Crippen MR) is 83.2 cm³/mol. The Kier molecular flexibility index (Phi) is 5.92. The van der Waals surface area contributed by atoms with Gasteiger partial charge in [-0.15, -0.1) is 11.8 Å². The third-order valence-corrected chi connectivity index (χ3v) is 4.04. The van der Waals surface area contributed by atoms with Crippen molar-refractivity contribution in [2.24, 2.45) is 5.41 Å². The van der Waals surface area contributed by atoms with Crippen LogP contribution >= 0.6 is 11.8 Å². The first-order valence-corrected chi connectivity index (χ1v) is 7.75. The van der Waals surface area contributed by atoms with E-state index in [1.807, 2.05) is 0 Å². The van der Waals surface area contributed by atoms with Crippen LogP contribution in [0.15, 0.2) is 23.1 Å². The largest absolute Gasteiger partial charge is 0.481 e. The number of nitrogens with zero attached hydrogens (tertiary/aromatic N) is 1. The summed E-state index contributed by atoms with van der Waals surface area (Å²) >= 11 is 1.23. The zero-order valence-electron chi connectivity index (χ0n) is 12.6. The molecule has 0 spiro atoms. The minimum atomic E-state index is -0.943. The molecule has 0 saturated carbocycles. The van der Waals surface area contributed by atoms with E-state index in [2.05, 4.69) is 5.32 Å². The molecular weight excluding hydrogens is 308 g/mol. The Hall–Kier alpha value is -2.09. The van der Waals surface area contributed by atoms with Crippen LogP contribution in [-0.4, -0.2) is 34.7 Å². The molecule has 7 nitrogen and oxygen atoms in total. The molecule has 0 fully saturated rings. The highest BCUT2D eigenvalue weighted by Crippen LogP contribution is 2.28. The zero-order valence-corrected chi connectivity index (χ0v) is 13.4. The molecule has 2 N–H and O–H groups in total. The molecular formula is C14H18N2O5S. The van der Waals surface area contributed by atoms with Crippen molar-refractivity contribution in [3.63, 3.8) is 0 Å². The number of carboxylic acids is 1. The number of hydrogen-bond acceptors (Lipinski definition) is 5. The van der Waals surface area contributed by atoms with Crippen molar-refractivity contribution >= 4 is 29.3 Å². The quantitative estimate of drug-likeness (QED) is 0.453. The maximum atomic E-state index is 12.0. The number of carbonyl (C=O) groups excluding carboxylic acids is 1. The Morgan fingerprint density at radius 2 is 2.05 bits per heavy atom. The topological polar surface area (TPSA) is 110 Å². The van der Waals surface area contributed by atoms with E-state index >= 15 is 0 Å². The molecule has 0 heterocycles. The highest BCUT2D eigenvalue weighted by atomic mass is 32.2. The molecule has 1 amide bonds. The molecule has 0 atom stereocenters. The van der Waals surface area contributed by atoms with Crippen molar-refractivity contribution in [1.82, 2.24) is 5.32 Å². The van der Waals surface area contributed by atoms with Crippen LogP contribution in [0.3, 0.4) is 0 Å². The number of carbonyl (C=O) groups is 2. The predicted octanol–water partition coefficient (Wildman–Crippen LogP) is 2.55. The highest BCUT2D eigenvalue weighted by Gasteiger charge is 2.26. The van der Waals surface area contributed by atoms with E-state index in [-0.39, 0.29) is 24.2 Å². The van der Waals surface area contributed by atoms with Gasteiger partial charge in [0.05, 0.1) is 15.2 Å². The first-order chi connectivity index (χ1) is 10.2. The average Bonchev–Trinajstić information content (AvgIpc) is 2.45. The number of aliphatic carboxylic acids is 1. The number of rotatable bonds is 7. The first-order valence-electron chi connectivity index (χ1n) is 6.53. The third kappa shape index (κ3) is 4.45. The lowest BCUT2D eigenvalue weighted by atomic mass is 9.90. The summed E-state index contributed by atoms with van der Waals surface area (Å²) in [6.07, 6.45) is 1.98. The summed E-state index contributed by atoms with van der Waals surface area (Å²) in [7, 11) is 0. The van der Waals surface area contributed by atoms with Gasteiger partial charge in [0, 0.05) is 18.2 Å². The summed E-state index contributed by atoms with van der Waals surface area (Å²) in [6, 6.07) is 4.26. The van der Waals surface area contributed by atoms with Gasteiger partial charge < -0.3 is 10.4 Å². The van der Waals surface area contributed by atoms with Crippen LogP contribution in [0.1, 0.15) is 30.6 Å². The molecule has 0 aromatic heterocycles. The number of amides is 1. The fourth-order valence-corrected chi connectivity index (χ4v) is 2.22. The third-order valence-electron chi connectivity index (χ3n) is 3.25. The number of nitro groups is 1. The molecule has 22 heavy (non-hydrogen) atoms. The summed E-state index contributed by atoms with van der Waals surface area (Å²) in [4.78, 5) is 33.9. The molecule has 0 aliphatic rings. The van der Waals surface area contributed by atoms with Crippen molar-refractivity contribution < 1.29 is 19.6 Å². The van der Waals surface area contributed by atoms with E-state index in [0.717, 1.165) is 0 Å². The standard InChI is InChI=1S/C14H18N2O5S/c1-14(2,13(18)19)6-7-15-12(17)9-4-5-11(22-3)10(8-9)16(20)21/h4-5,8H,6-7H2,1-3H3,(H,15,17)(H,18,19). The molecule has 8 heteroatoms. The summed E-state index contributed by atoms with van der Waals surface area (Å²) in [5.74, 6) is -1.40. The maximum absolute atomic E-state index is 12.0. The van der Waals surface area contributed by atoms with E-state index < -0.39 is 22.2 Å². The Morgan fingerprint density at radius 1 is 1.41 bits per heavy atom. The van der Waals surface area contributed by atoms with Crippen LogP contribution in [0.2, 0.25) is 0 Å². The SMILES string of the molecule is CSc1ccc(C(=O)NCCC(C)(C)C(=O)O)cc1[N+](=O)[O-]. The number of benzene rings is 1. The van der Waals surface area contributed by atoms with Gasteiger partial charge in [-0.05, 0) is 38.7 Å². The first kappa shape index (κ1) is 18.0. The van der Waals surface area contributed by atoms with Gasteiger partial charge in [-0.25, -0.2) is 0 Å². The number of thioether (sulfide) groups is 1. The van der Waals surface area contributed by atoms with Gasteiger partial charge in [0.2, 0.25) is 0 Å². The summed E-state index contributed by atoms with van der Waals surface area (Å²) in [5.41, 5.74) is -0.884. The molecule has 1 aromatic carbocycles. The van der Waals surface area contributed by atoms with Crippen LogP contribution in [0.5, 0.6) is 0 Å². The second-order valence-corrected chi connectivity index (χ2v) is 6.19. The molecule has 0 aliphatic heterocycles. The van der Waals surface area contributed by atoms with E-state index in [1.54, 1.807) is 20.1 Å². The molecule has 0 saturated heterocycles. The van der Waals surface area contributed by atoms with E-state index in [0.29, 0.717) is 4.90 Å². The van der Waals surface area contributed by atoms with Crippen molar-refractivity contribution in [3.8, 4) is 0 Å². The minimum absolute atomic E-state index is 0.119. The van der Waals surface area contributed by atoms with Gasteiger partial charge in [0.1, 0.15) is 0 Å². The number of hydrogen-bond donors (Lipinski definition) is 2. The number of nitro benzene ring substituents is 1. The van der Waals surface area contributed by atoms with Crippen molar-refractivity contribution in [1.29, 1.82) is 0 Å². The second kappa shape index (κ2) is 7.26. The van der Waals surface area contributed by atoms with Crippen LogP contribution < -0.4 is 5.32 Å². The van der Waals surface area contributed by atoms with Gasteiger partial charge in [0.25, 0.3) is 11.6 Å². The van der Waals surface area contributed by atoms with Crippen LogP contribution in [0.4, 0.5) is 5.69 Å². The van der Waals surface area contributed by atoms with Crippen molar-refractivity contribution in [2.45, 2.75) is 25.2 Å². The molecule has 1 aromatic rings. The Bertz CT molecular complexity index is 601. The van der Waals surface area contributed by atoms with Gasteiger partial charge in [-0.1, -0.05) is 0 Å². The fraction of sp³-hybridized carbons (Fsp3) is 0.429. The van der Waals surface area contributed by atoms with E-state index in [4.69, 9.17) is 5.11 Å². The molecule has 0 aliphatic carbocycles. The molecule has 1 rings (SSSR count). The number of nitrogens with one attached hydrogen (secondary N) is 1. The summed E-state index contributed by atoms with van der Waals surface area (Å²) in [6.45, 7) is 3.31. The lowest BCUT2D eigenvalue weighted by Crippen LogP contribution is -2.31. The maximum Gasteiger partial charge on any atom is 0.309 e. The highest BCUT2D eigenvalue weighted by molar-refractivity contribution is 7.98. The average molecular weight is 326 g/mol. The fourth-order valence-electron chi connectivity index (χ4n) is 1.67. The van der Waals surface area contributed by atoms with E-state index in [9.17, 15) is 19.7 Å². The Labute approximate surface area is 132 Å². The van der Waals surface area contributed by atoms with E-state index in [1.165, 1.54) is 30.0 Å². The van der Waals surface area contributed by atoms with Gasteiger partial charge in [0.15, 0.2) is 0 Å². The molecule has 0 unspecified atom stereocenters. The summed E-state index contributed by atoms with van der Waals surface area (Å²) < 4.78 is 0. The molecule has 0 bridgehead atoms. The molecule has 0 radical (unpaired) electrons. The van der Waals surface area contributed by atoms with Crippen LogP contribution in [0.25, 0.3) is 0 Å². The Morgan fingerprint density at radius 3 is 2.55 bits per heavy atom.